The highest BCUT2D eigenvalue weighted by Crippen LogP contribution is 2.24. The van der Waals surface area contributed by atoms with Gasteiger partial charge in [-0.2, -0.15) is 0 Å². The average molecular weight is 487 g/mol. The maximum Gasteiger partial charge on any atom is 0.573 e. The Balaban J connectivity index is 1.58. The molecule has 1 amide bonds. The highest BCUT2D eigenvalue weighted by Gasteiger charge is 2.30. The van der Waals surface area contributed by atoms with E-state index < -0.39 is 6.36 Å². The molecule has 4 aromatic rings. The molecule has 174 valence electrons. The van der Waals surface area contributed by atoms with Crippen LogP contribution in [0.5, 0.6) is 5.75 Å². The quantitative estimate of drug-likeness (QED) is 0.367. The molecule has 5 nitrogen and oxygen atoms in total. The van der Waals surface area contributed by atoms with Gasteiger partial charge < -0.3 is 14.6 Å². The molecule has 4 rings (SSSR count). The number of carbonyl (C=O) groups is 1. The van der Waals surface area contributed by atoms with Crippen LogP contribution in [0.25, 0.3) is 10.8 Å². The Morgan fingerprint density at radius 1 is 1.03 bits per heavy atom. The summed E-state index contributed by atoms with van der Waals surface area (Å²) in [6.07, 6.45) is -3.19. The van der Waals surface area contributed by atoms with Crippen molar-refractivity contribution in [1.82, 2.24) is 4.57 Å². The Morgan fingerprint density at radius 3 is 2.44 bits per heavy atom. The number of aromatic nitrogens is 1. The van der Waals surface area contributed by atoms with Crippen LogP contribution >= 0.6 is 11.6 Å². The smallest absolute Gasteiger partial charge is 0.406 e. The van der Waals surface area contributed by atoms with Crippen molar-refractivity contribution >= 4 is 34.0 Å². The maximum absolute atomic E-state index is 13.0. The largest absolute Gasteiger partial charge is 0.573 e. The maximum atomic E-state index is 13.0. The van der Waals surface area contributed by atoms with E-state index in [2.05, 4.69) is 10.1 Å². The Bertz CT molecular complexity index is 1430. The number of fused-ring (bicyclic) bond motifs is 1. The molecule has 0 aliphatic carbocycles. The Kier molecular flexibility index (Phi) is 6.34. The second-order valence-corrected chi connectivity index (χ2v) is 8.03. The van der Waals surface area contributed by atoms with Gasteiger partial charge >= 0.3 is 6.36 Å². The van der Waals surface area contributed by atoms with E-state index in [1.165, 1.54) is 28.8 Å². The number of anilines is 1. The summed E-state index contributed by atoms with van der Waals surface area (Å²) in [6, 6.07) is 17.0. The molecule has 0 radical (unpaired) electrons. The van der Waals surface area contributed by atoms with Crippen LogP contribution in [0.15, 0.2) is 77.7 Å². The molecule has 0 atom stereocenters. The van der Waals surface area contributed by atoms with Crippen LogP contribution < -0.4 is 15.6 Å². The molecule has 0 aliphatic heterocycles. The van der Waals surface area contributed by atoms with Crippen molar-refractivity contribution in [3.05, 3.63) is 105 Å². The van der Waals surface area contributed by atoms with Crippen molar-refractivity contribution in [2.24, 2.45) is 0 Å². The zero-order valence-electron chi connectivity index (χ0n) is 17.8. The first-order valence-corrected chi connectivity index (χ1v) is 10.5. The predicted octanol–water partition coefficient (Wildman–Crippen LogP) is 6.16. The second-order valence-electron chi connectivity index (χ2n) is 7.63. The van der Waals surface area contributed by atoms with E-state index in [0.29, 0.717) is 32.6 Å². The van der Waals surface area contributed by atoms with Gasteiger partial charge in [0.25, 0.3) is 11.5 Å². The lowest BCUT2D eigenvalue weighted by atomic mass is 10.1. The van der Waals surface area contributed by atoms with Crippen LogP contribution in [0.4, 0.5) is 18.9 Å². The fourth-order valence-electron chi connectivity index (χ4n) is 3.53. The van der Waals surface area contributed by atoms with E-state index in [0.717, 1.165) is 5.56 Å². The van der Waals surface area contributed by atoms with E-state index in [1.807, 2.05) is 0 Å². The van der Waals surface area contributed by atoms with Crippen molar-refractivity contribution in [3.8, 4) is 5.75 Å². The third-order valence-corrected chi connectivity index (χ3v) is 5.62. The topological polar surface area (TPSA) is 60.3 Å². The molecule has 3 aromatic carbocycles. The van der Waals surface area contributed by atoms with Crippen molar-refractivity contribution in [2.45, 2.75) is 19.8 Å². The monoisotopic (exact) mass is 486 g/mol. The normalized spacial score (nSPS) is 11.4. The van der Waals surface area contributed by atoms with E-state index in [-0.39, 0.29) is 23.8 Å². The Labute approximate surface area is 197 Å². The molecule has 1 heterocycles. The molecule has 0 fully saturated rings. The highest BCUT2D eigenvalue weighted by molar-refractivity contribution is 6.31. The molecular formula is C25H18ClF3N2O3. The number of hydrogen-bond donors (Lipinski definition) is 1. The number of amides is 1. The van der Waals surface area contributed by atoms with E-state index in [1.54, 1.807) is 55.6 Å². The van der Waals surface area contributed by atoms with Gasteiger partial charge in [-0.1, -0.05) is 29.8 Å². The molecule has 0 aliphatic rings. The van der Waals surface area contributed by atoms with Crippen LogP contribution in [0.1, 0.15) is 21.5 Å². The van der Waals surface area contributed by atoms with Gasteiger partial charge in [0.1, 0.15) is 5.75 Å². The van der Waals surface area contributed by atoms with Crippen molar-refractivity contribution < 1.29 is 22.7 Å². The van der Waals surface area contributed by atoms with Crippen molar-refractivity contribution in [2.75, 3.05) is 5.32 Å². The summed E-state index contributed by atoms with van der Waals surface area (Å²) in [6.45, 7) is 1.96. The Hall–Kier alpha value is -3.78. The molecule has 0 unspecified atom stereocenters. The molecule has 0 bridgehead atoms. The van der Waals surface area contributed by atoms with E-state index in [9.17, 15) is 22.8 Å². The minimum Gasteiger partial charge on any atom is -0.406 e. The molecule has 0 saturated carbocycles. The number of halogens is 4. The first-order valence-electron chi connectivity index (χ1n) is 10.1. The van der Waals surface area contributed by atoms with Crippen LogP contribution in [0.3, 0.4) is 0 Å². The molecule has 9 heteroatoms. The lowest BCUT2D eigenvalue weighted by Crippen LogP contribution is -2.21. The predicted molar refractivity (Wildman–Crippen MR) is 125 cm³/mol. The number of nitrogens with zero attached hydrogens (tertiary/aromatic N) is 1. The highest BCUT2D eigenvalue weighted by atomic mass is 35.5. The van der Waals surface area contributed by atoms with Gasteiger partial charge in [0.2, 0.25) is 0 Å². The number of aryl methyl sites for hydroxylation is 1. The summed E-state index contributed by atoms with van der Waals surface area (Å²) >= 11 is 6.03. The summed E-state index contributed by atoms with van der Waals surface area (Å²) in [5, 5.41) is 4.35. The summed E-state index contributed by atoms with van der Waals surface area (Å²) < 4.78 is 42.3. The third kappa shape index (κ3) is 5.23. The number of nitrogens with one attached hydrogen (secondary N) is 1. The van der Waals surface area contributed by atoms with Gasteiger partial charge in [-0.25, -0.2) is 0 Å². The van der Waals surface area contributed by atoms with Gasteiger partial charge in [-0.15, -0.1) is 13.2 Å². The second kappa shape index (κ2) is 9.23. The lowest BCUT2D eigenvalue weighted by molar-refractivity contribution is -0.274. The molecule has 34 heavy (non-hydrogen) atoms. The number of ether oxygens (including phenoxy) is 1. The first kappa shape index (κ1) is 23.4. The molecule has 1 N–H and O–H groups in total. The number of rotatable bonds is 5. The SMILES string of the molecule is Cc1cc(C(=O)Nc2cccc3c(=O)n(Cc4ccc(OC(F)(F)F)cc4)ccc23)ccc1Cl. The number of pyridine rings is 1. The van der Waals surface area contributed by atoms with Gasteiger partial charge in [-0.3, -0.25) is 9.59 Å². The van der Waals surface area contributed by atoms with Crippen LogP contribution in [-0.2, 0) is 6.54 Å². The summed E-state index contributed by atoms with van der Waals surface area (Å²) in [5.41, 5.74) is 2.01. The summed E-state index contributed by atoms with van der Waals surface area (Å²) in [5.74, 6) is -0.670. The minimum absolute atomic E-state index is 0.154. The molecule has 1 aromatic heterocycles. The van der Waals surface area contributed by atoms with Gasteiger partial charge in [0, 0.05) is 33.2 Å². The van der Waals surface area contributed by atoms with Gasteiger partial charge in [0.15, 0.2) is 0 Å². The number of alkyl halides is 3. The molecule has 0 spiro atoms. The Morgan fingerprint density at radius 2 is 1.76 bits per heavy atom. The zero-order valence-corrected chi connectivity index (χ0v) is 18.6. The van der Waals surface area contributed by atoms with Crippen molar-refractivity contribution in [1.29, 1.82) is 0 Å². The van der Waals surface area contributed by atoms with Crippen molar-refractivity contribution in [3.63, 3.8) is 0 Å². The standard InChI is InChI=1S/C25H18ClF3N2O3/c1-15-13-17(7-10-21(15)26)23(32)30-22-4-2-3-20-19(22)11-12-31(24(20)33)14-16-5-8-18(9-6-16)34-25(27,28)29/h2-13H,14H2,1H3,(H,30,32). The van der Waals surface area contributed by atoms with Crippen LogP contribution in [0, 0.1) is 6.92 Å². The number of benzene rings is 3. The van der Waals surface area contributed by atoms with E-state index >= 15 is 0 Å². The van der Waals surface area contributed by atoms with E-state index in [4.69, 9.17) is 11.6 Å². The summed E-state index contributed by atoms with van der Waals surface area (Å²) in [4.78, 5) is 25.8. The fraction of sp³-hybridized carbons (Fsp3) is 0.120. The zero-order chi connectivity index (χ0) is 24.5. The van der Waals surface area contributed by atoms with Gasteiger partial charge in [-0.05, 0) is 66.6 Å². The lowest BCUT2D eigenvalue weighted by Gasteiger charge is -2.12. The molecular weight excluding hydrogens is 469 g/mol. The number of hydrogen-bond acceptors (Lipinski definition) is 3. The first-order chi connectivity index (χ1) is 16.1. The molecule has 0 saturated heterocycles. The fourth-order valence-corrected chi connectivity index (χ4v) is 3.64. The average Bonchev–Trinajstić information content (AvgIpc) is 2.78. The summed E-state index contributed by atoms with van der Waals surface area (Å²) in [7, 11) is 0. The number of carbonyl (C=O) groups excluding carboxylic acids is 1. The van der Waals surface area contributed by atoms with Crippen LogP contribution in [0.2, 0.25) is 5.02 Å². The van der Waals surface area contributed by atoms with Crippen LogP contribution in [-0.4, -0.2) is 16.8 Å². The van der Waals surface area contributed by atoms with Gasteiger partial charge in [0.05, 0.1) is 6.54 Å². The minimum atomic E-state index is -4.77. The third-order valence-electron chi connectivity index (χ3n) is 5.20.